The third-order valence-electron chi connectivity index (χ3n) is 4.90. The number of hydrogen-bond donors (Lipinski definition) is 2. The SMILES string of the molecule is Cc1cccc2sc(NC(=O)c3cccc(C(=O)Nc4nc5c(C)cccc5s4)n3)nc12. The van der Waals surface area contributed by atoms with Gasteiger partial charge in [0.1, 0.15) is 11.4 Å². The van der Waals surface area contributed by atoms with Crippen molar-refractivity contribution in [3.8, 4) is 0 Å². The summed E-state index contributed by atoms with van der Waals surface area (Å²) >= 11 is 2.79. The normalized spacial score (nSPS) is 11.1. The van der Waals surface area contributed by atoms with Crippen LogP contribution in [-0.4, -0.2) is 26.8 Å². The van der Waals surface area contributed by atoms with Gasteiger partial charge in [-0.25, -0.2) is 15.0 Å². The van der Waals surface area contributed by atoms with Crippen LogP contribution in [0.5, 0.6) is 0 Å². The summed E-state index contributed by atoms with van der Waals surface area (Å²) in [6.45, 7) is 3.95. The summed E-state index contributed by atoms with van der Waals surface area (Å²) in [6, 6.07) is 16.5. The maximum absolute atomic E-state index is 12.7. The van der Waals surface area contributed by atoms with E-state index in [0.29, 0.717) is 10.3 Å². The topological polar surface area (TPSA) is 96.9 Å². The molecule has 0 unspecified atom stereocenters. The summed E-state index contributed by atoms with van der Waals surface area (Å²) < 4.78 is 1.99. The highest BCUT2D eigenvalue weighted by atomic mass is 32.1. The second-order valence-corrected chi connectivity index (χ2v) is 9.26. The number of benzene rings is 2. The number of carbonyl (C=O) groups excluding carboxylic acids is 2. The van der Waals surface area contributed by atoms with Crippen LogP contribution in [0.3, 0.4) is 0 Å². The summed E-state index contributed by atoms with van der Waals surface area (Å²) in [4.78, 5) is 38.7. The zero-order chi connectivity index (χ0) is 22.2. The van der Waals surface area contributed by atoms with Gasteiger partial charge in [-0.1, -0.05) is 53.0 Å². The van der Waals surface area contributed by atoms with Crippen molar-refractivity contribution in [1.82, 2.24) is 15.0 Å². The van der Waals surface area contributed by atoms with Gasteiger partial charge in [0.2, 0.25) is 0 Å². The van der Waals surface area contributed by atoms with E-state index in [2.05, 4.69) is 25.6 Å². The average molecular weight is 460 g/mol. The van der Waals surface area contributed by atoms with Crippen LogP contribution >= 0.6 is 22.7 Å². The highest BCUT2D eigenvalue weighted by Crippen LogP contribution is 2.29. The van der Waals surface area contributed by atoms with Crippen molar-refractivity contribution in [2.45, 2.75) is 13.8 Å². The number of hydrogen-bond acceptors (Lipinski definition) is 7. The molecule has 0 fully saturated rings. The lowest BCUT2D eigenvalue weighted by Gasteiger charge is -2.04. The minimum absolute atomic E-state index is 0.133. The zero-order valence-electron chi connectivity index (χ0n) is 17.2. The number of fused-ring (bicyclic) bond motifs is 2. The first kappa shape index (κ1) is 20.2. The van der Waals surface area contributed by atoms with Crippen LogP contribution in [0.1, 0.15) is 32.1 Å². The largest absolute Gasteiger partial charge is 0.296 e. The number of aromatic nitrogens is 3. The van der Waals surface area contributed by atoms with Gasteiger partial charge < -0.3 is 0 Å². The first-order valence-electron chi connectivity index (χ1n) is 9.80. The van der Waals surface area contributed by atoms with Gasteiger partial charge in [-0.3, -0.25) is 20.2 Å². The van der Waals surface area contributed by atoms with E-state index >= 15 is 0 Å². The Kier molecular flexibility index (Phi) is 5.12. The van der Waals surface area contributed by atoms with Gasteiger partial charge in [-0.2, -0.15) is 0 Å². The molecule has 3 heterocycles. The van der Waals surface area contributed by atoms with E-state index in [4.69, 9.17) is 0 Å². The molecule has 32 heavy (non-hydrogen) atoms. The van der Waals surface area contributed by atoms with Crippen molar-refractivity contribution >= 4 is 65.2 Å². The molecule has 2 aromatic carbocycles. The van der Waals surface area contributed by atoms with E-state index in [0.717, 1.165) is 31.6 Å². The van der Waals surface area contributed by atoms with Gasteiger partial charge >= 0.3 is 0 Å². The summed E-state index contributed by atoms with van der Waals surface area (Å²) in [5.41, 5.74) is 4.07. The Bertz CT molecular complexity index is 1400. The minimum Gasteiger partial charge on any atom is -0.296 e. The second kappa shape index (κ2) is 8.10. The number of amides is 2. The average Bonchev–Trinajstić information content (AvgIpc) is 3.39. The minimum atomic E-state index is -0.424. The Hall–Kier alpha value is -3.69. The van der Waals surface area contributed by atoms with Crippen molar-refractivity contribution in [3.05, 3.63) is 77.1 Å². The molecule has 2 N–H and O–H groups in total. The predicted octanol–water partition coefficient (Wildman–Crippen LogP) is 5.42. The van der Waals surface area contributed by atoms with Crippen LogP contribution in [0.15, 0.2) is 54.6 Å². The molecule has 0 saturated carbocycles. The Morgan fingerprint density at radius 2 is 1.09 bits per heavy atom. The fraction of sp³-hybridized carbons (Fsp3) is 0.0870. The number of thiazole rings is 2. The van der Waals surface area contributed by atoms with Gasteiger partial charge in [-0.15, -0.1) is 0 Å². The van der Waals surface area contributed by atoms with Crippen LogP contribution in [0, 0.1) is 13.8 Å². The molecule has 2 amide bonds. The standard InChI is InChI=1S/C23H17N5O2S2/c1-12-6-3-10-16-18(12)25-22(31-16)27-20(29)14-8-5-9-15(24-14)21(30)28-23-26-19-13(2)7-4-11-17(19)32-23/h3-11H,1-2H3,(H,25,27,29)(H,26,28,30). The van der Waals surface area contributed by atoms with Crippen LogP contribution < -0.4 is 10.6 Å². The zero-order valence-corrected chi connectivity index (χ0v) is 18.8. The van der Waals surface area contributed by atoms with E-state index in [1.54, 1.807) is 18.2 Å². The van der Waals surface area contributed by atoms with Crippen molar-refractivity contribution in [2.24, 2.45) is 0 Å². The number of carbonyl (C=O) groups is 2. The second-order valence-electron chi connectivity index (χ2n) is 7.20. The maximum Gasteiger partial charge on any atom is 0.276 e. The molecule has 5 rings (SSSR count). The van der Waals surface area contributed by atoms with Gasteiger partial charge in [0, 0.05) is 0 Å². The number of pyridine rings is 1. The summed E-state index contributed by atoms with van der Waals surface area (Å²) in [6.07, 6.45) is 0. The molecule has 0 saturated heterocycles. The van der Waals surface area contributed by atoms with Crippen molar-refractivity contribution in [1.29, 1.82) is 0 Å². The molecule has 0 aliphatic rings. The third kappa shape index (κ3) is 3.83. The molecule has 7 nitrogen and oxygen atoms in total. The monoisotopic (exact) mass is 459 g/mol. The van der Waals surface area contributed by atoms with Gasteiger partial charge in [-0.05, 0) is 49.2 Å². The Morgan fingerprint density at radius 3 is 1.53 bits per heavy atom. The lowest BCUT2D eigenvalue weighted by atomic mass is 10.2. The molecule has 0 atom stereocenters. The van der Waals surface area contributed by atoms with Crippen LogP contribution in [0.4, 0.5) is 10.3 Å². The van der Waals surface area contributed by atoms with E-state index in [9.17, 15) is 9.59 Å². The van der Waals surface area contributed by atoms with Crippen LogP contribution in [-0.2, 0) is 0 Å². The van der Waals surface area contributed by atoms with Gasteiger partial charge in [0.05, 0.1) is 20.4 Å². The number of anilines is 2. The molecule has 0 bridgehead atoms. The fourth-order valence-corrected chi connectivity index (χ4v) is 5.17. The highest BCUT2D eigenvalue weighted by Gasteiger charge is 2.16. The fourth-order valence-electron chi connectivity index (χ4n) is 3.29. The van der Waals surface area contributed by atoms with Gasteiger partial charge in [0.25, 0.3) is 11.8 Å². The van der Waals surface area contributed by atoms with E-state index in [-0.39, 0.29) is 11.4 Å². The molecule has 0 spiro atoms. The predicted molar refractivity (Wildman–Crippen MR) is 129 cm³/mol. The Labute approximate surface area is 191 Å². The van der Waals surface area contributed by atoms with Crippen molar-refractivity contribution in [3.63, 3.8) is 0 Å². The smallest absolute Gasteiger partial charge is 0.276 e. The molecule has 3 aromatic heterocycles. The van der Waals surface area contributed by atoms with Crippen molar-refractivity contribution < 1.29 is 9.59 Å². The maximum atomic E-state index is 12.7. The first-order chi connectivity index (χ1) is 15.5. The van der Waals surface area contributed by atoms with Crippen LogP contribution in [0.2, 0.25) is 0 Å². The summed E-state index contributed by atoms with van der Waals surface area (Å²) in [7, 11) is 0. The quantitative estimate of drug-likeness (QED) is 0.374. The van der Waals surface area contributed by atoms with Crippen LogP contribution in [0.25, 0.3) is 20.4 Å². The van der Waals surface area contributed by atoms with E-state index in [1.165, 1.54) is 22.7 Å². The third-order valence-corrected chi connectivity index (χ3v) is 6.77. The molecule has 0 aliphatic heterocycles. The number of aryl methyl sites for hydroxylation is 2. The summed E-state index contributed by atoms with van der Waals surface area (Å²) in [5.74, 6) is -0.848. The molecular weight excluding hydrogens is 442 g/mol. The molecule has 5 aromatic rings. The Balaban J connectivity index is 1.34. The highest BCUT2D eigenvalue weighted by molar-refractivity contribution is 7.22. The van der Waals surface area contributed by atoms with Crippen molar-refractivity contribution in [2.75, 3.05) is 10.6 Å². The number of nitrogens with zero attached hydrogens (tertiary/aromatic N) is 3. The van der Waals surface area contributed by atoms with E-state index < -0.39 is 11.8 Å². The molecule has 0 aliphatic carbocycles. The lowest BCUT2D eigenvalue weighted by Crippen LogP contribution is -2.18. The number of rotatable bonds is 4. The lowest BCUT2D eigenvalue weighted by molar-refractivity contribution is 0.101. The molecule has 158 valence electrons. The molecular formula is C23H17N5O2S2. The number of nitrogens with one attached hydrogen (secondary N) is 2. The summed E-state index contributed by atoms with van der Waals surface area (Å²) in [5, 5.41) is 6.53. The van der Waals surface area contributed by atoms with E-state index in [1.807, 2.05) is 50.2 Å². The first-order valence-corrected chi connectivity index (χ1v) is 11.4. The number of para-hydroxylation sites is 2. The van der Waals surface area contributed by atoms with Gasteiger partial charge in [0.15, 0.2) is 10.3 Å². The molecule has 0 radical (unpaired) electrons. The Morgan fingerprint density at radius 1 is 0.656 bits per heavy atom. The molecule has 9 heteroatoms.